The number of imide groups is 2. The van der Waals surface area contributed by atoms with Gasteiger partial charge < -0.3 is 5.32 Å². The number of nitrogens with zero attached hydrogens (tertiary/aromatic N) is 2. The van der Waals surface area contributed by atoms with Gasteiger partial charge in [0.2, 0.25) is 11.8 Å². The zero-order chi connectivity index (χ0) is 21.4. The first-order valence-electron chi connectivity index (χ1n) is 10.6. The fourth-order valence-electron chi connectivity index (χ4n) is 5.00. The van der Waals surface area contributed by atoms with E-state index in [0.717, 1.165) is 23.3 Å². The van der Waals surface area contributed by atoms with Gasteiger partial charge in [-0.15, -0.1) is 0 Å². The average Bonchev–Trinajstić information content (AvgIpc) is 2.98. The van der Waals surface area contributed by atoms with E-state index in [1.165, 1.54) is 12.8 Å². The number of nitrogens with one attached hydrogen (secondary N) is 2. The monoisotopic (exact) mass is 412 g/mol. The summed E-state index contributed by atoms with van der Waals surface area (Å²) >= 11 is 0. The summed E-state index contributed by atoms with van der Waals surface area (Å²) in [5.41, 5.74) is 1.62. The van der Waals surface area contributed by atoms with Gasteiger partial charge in [-0.1, -0.05) is 18.9 Å². The van der Waals surface area contributed by atoms with E-state index >= 15 is 0 Å². The van der Waals surface area contributed by atoms with E-state index in [4.69, 9.17) is 0 Å². The summed E-state index contributed by atoms with van der Waals surface area (Å²) in [5, 5.41) is 5.64. The summed E-state index contributed by atoms with van der Waals surface area (Å²) < 4.78 is 0. The molecular weight excluding hydrogens is 384 g/mol. The maximum atomic E-state index is 13.0. The number of likely N-dealkylation sites (N-methyl/N-ethyl adjacent to an activating group) is 2. The van der Waals surface area contributed by atoms with Gasteiger partial charge in [0.05, 0.1) is 11.1 Å². The van der Waals surface area contributed by atoms with E-state index < -0.39 is 23.8 Å². The molecule has 1 aromatic carbocycles. The van der Waals surface area contributed by atoms with Crippen LogP contribution in [0.1, 0.15) is 64.8 Å². The van der Waals surface area contributed by atoms with Crippen molar-refractivity contribution < 1.29 is 19.2 Å². The number of hydrogen-bond acceptors (Lipinski definition) is 6. The Morgan fingerprint density at radius 3 is 2.53 bits per heavy atom. The van der Waals surface area contributed by atoms with E-state index in [9.17, 15) is 19.2 Å². The Morgan fingerprint density at radius 1 is 1.07 bits per heavy atom. The number of piperidine rings is 1. The van der Waals surface area contributed by atoms with Gasteiger partial charge in [0.25, 0.3) is 11.8 Å². The number of carbonyl (C=O) groups excluding carboxylic acids is 4. The molecule has 2 aliphatic heterocycles. The summed E-state index contributed by atoms with van der Waals surface area (Å²) in [6, 6.07) is 5.28. The molecule has 3 aliphatic rings. The molecule has 2 fully saturated rings. The number of amides is 4. The molecule has 3 atom stereocenters. The molecule has 1 saturated heterocycles. The molecule has 2 N–H and O–H groups in total. The minimum absolute atomic E-state index is 0.119. The molecule has 4 amide bonds. The first-order chi connectivity index (χ1) is 14.4. The summed E-state index contributed by atoms with van der Waals surface area (Å²) in [6.45, 7) is 0.677. The second-order valence-electron chi connectivity index (χ2n) is 8.49. The Balaban J connectivity index is 1.52. The minimum atomic E-state index is -0.931. The average molecular weight is 412 g/mol. The highest BCUT2D eigenvalue weighted by molar-refractivity contribution is 6.23. The van der Waals surface area contributed by atoms with Gasteiger partial charge in [0.1, 0.15) is 6.04 Å². The second-order valence-corrected chi connectivity index (χ2v) is 8.49. The molecule has 1 unspecified atom stereocenters. The number of rotatable bonds is 5. The van der Waals surface area contributed by atoms with Crippen LogP contribution in [0, 0.1) is 0 Å². The Kier molecular flexibility index (Phi) is 5.71. The molecular formula is C22H28N4O4. The quantitative estimate of drug-likeness (QED) is 0.702. The fraction of sp³-hybridized carbons (Fsp3) is 0.545. The molecule has 160 valence electrons. The third-order valence-corrected chi connectivity index (χ3v) is 6.60. The van der Waals surface area contributed by atoms with Crippen molar-refractivity contribution in [3.63, 3.8) is 0 Å². The molecule has 1 aliphatic carbocycles. The van der Waals surface area contributed by atoms with Gasteiger partial charge >= 0.3 is 0 Å². The maximum Gasteiger partial charge on any atom is 0.262 e. The zero-order valence-corrected chi connectivity index (χ0v) is 17.4. The largest absolute Gasteiger partial charge is 0.315 e. The van der Waals surface area contributed by atoms with Crippen molar-refractivity contribution in [2.45, 2.75) is 63.2 Å². The maximum absolute atomic E-state index is 13.0. The summed E-state index contributed by atoms with van der Waals surface area (Å²) in [4.78, 5) is 52.7. The van der Waals surface area contributed by atoms with E-state index in [1.54, 1.807) is 12.1 Å². The van der Waals surface area contributed by atoms with Crippen LogP contribution in [0.2, 0.25) is 0 Å². The van der Waals surface area contributed by atoms with Crippen LogP contribution in [0.5, 0.6) is 0 Å². The Morgan fingerprint density at radius 2 is 1.80 bits per heavy atom. The normalized spacial score (nSPS) is 26.9. The Hall–Kier alpha value is -2.58. The Bertz CT molecular complexity index is 899. The molecule has 8 nitrogen and oxygen atoms in total. The van der Waals surface area contributed by atoms with Crippen molar-refractivity contribution in [1.82, 2.24) is 20.4 Å². The van der Waals surface area contributed by atoms with Crippen LogP contribution in [0.25, 0.3) is 0 Å². The molecule has 8 heteroatoms. The van der Waals surface area contributed by atoms with Crippen molar-refractivity contribution in [3.8, 4) is 0 Å². The predicted molar refractivity (Wildman–Crippen MR) is 110 cm³/mol. The lowest BCUT2D eigenvalue weighted by Crippen LogP contribution is -2.54. The smallest absolute Gasteiger partial charge is 0.262 e. The number of fused-ring (bicyclic) bond motifs is 1. The highest BCUT2D eigenvalue weighted by atomic mass is 16.2. The van der Waals surface area contributed by atoms with E-state index in [0.29, 0.717) is 29.8 Å². The molecule has 4 rings (SSSR count). The van der Waals surface area contributed by atoms with Crippen molar-refractivity contribution in [1.29, 1.82) is 0 Å². The van der Waals surface area contributed by atoms with E-state index in [2.05, 4.69) is 22.6 Å². The summed E-state index contributed by atoms with van der Waals surface area (Å²) in [7, 11) is 4.09. The molecule has 0 bridgehead atoms. The topological polar surface area (TPSA) is 98.8 Å². The number of carbonyl (C=O) groups is 4. The molecule has 30 heavy (non-hydrogen) atoms. The van der Waals surface area contributed by atoms with Gasteiger partial charge in [-0.3, -0.25) is 34.3 Å². The Labute approximate surface area is 176 Å². The lowest BCUT2D eigenvalue weighted by atomic mass is 9.89. The van der Waals surface area contributed by atoms with Crippen molar-refractivity contribution in [3.05, 3.63) is 34.9 Å². The highest BCUT2D eigenvalue weighted by Gasteiger charge is 2.44. The molecule has 0 aromatic heterocycles. The van der Waals surface area contributed by atoms with Crippen LogP contribution in [0.15, 0.2) is 18.2 Å². The van der Waals surface area contributed by atoms with Gasteiger partial charge in [-0.25, -0.2) is 0 Å². The summed E-state index contributed by atoms with van der Waals surface area (Å²) in [6.07, 6.45) is 5.02. The first-order valence-corrected chi connectivity index (χ1v) is 10.6. The van der Waals surface area contributed by atoms with Crippen LogP contribution in [-0.4, -0.2) is 65.6 Å². The van der Waals surface area contributed by atoms with Crippen LogP contribution >= 0.6 is 0 Å². The predicted octanol–water partition coefficient (Wildman–Crippen LogP) is 1.05. The van der Waals surface area contributed by atoms with Gasteiger partial charge in [0.15, 0.2) is 0 Å². The van der Waals surface area contributed by atoms with E-state index in [-0.39, 0.29) is 18.7 Å². The van der Waals surface area contributed by atoms with Crippen LogP contribution in [0.3, 0.4) is 0 Å². The van der Waals surface area contributed by atoms with Gasteiger partial charge in [-0.2, -0.15) is 0 Å². The summed E-state index contributed by atoms with van der Waals surface area (Å²) in [5.74, 6) is -1.89. The lowest BCUT2D eigenvalue weighted by Gasteiger charge is -2.38. The first kappa shape index (κ1) is 20.7. The van der Waals surface area contributed by atoms with E-state index in [1.807, 2.05) is 13.1 Å². The highest BCUT2D eigenvalue weighted by Crippen LogP contribution is 2.29. The third-order valence-electron chi connectivity index (χ3n) is 6.60. The van der Waals surface area contributed by atoms with Crippen molar-refractivity contribution in [2.75, 3.05) is 14.1 Å². The number of benzene rings is 1. The number of hydrogen-bond donors (Lipinski definition) is 2. The third kappa shape index (κ3) is 3.65. The minimum Gasteiger partial charge on any atom is -0.315 e. The van der Waals surface area contributed by atoms with Crippen LogP contribution in [-0.2, 0) is 16.1 Å². The molecule has 1 saturated carbocycles. The van der Waals surface area contributed by atoms with Crippen molar-refractivity contribution >= 4 is 23.6 Å². The van der Waals surface area contributed by atoms with Crippen LogP contribution in [0.4, 0.5) is 0 Å². The molecule has 2 heterocycles. The fourth-order valence-corrected chi connectivity index (χ4v) is 5.00. The zero-order valence-electron chi connectivity index (χ0n) is 17.4. The second kappa shape index (κ2) is 8.28. The molecule has 0 spiro atoms. The standard InChI is InChI=1S/C22H28N4O4/c1-23-16-5-3-4-6-17(16)25(2)12-13-7-8-14-15(11-13)22(30)26(21(14)29)18-9-10-19(27)24-20(18)28/h7-8,11,16-18,23H,3-6,9-10,12H2,1-2H3,(H,24,27,28)/t16-,17-,18?/m1/s1. The molecule has 1 aromatic rings. The molecule has 0 radical (unpaired) electrons. The van der Waals surface area contributed by atoms with Gasteiger partial charge in [-0.05, 0) is 51.1 Å². The van der Waals surface area contributed by atoms with Gasteiger partial charge in [0, 0.05) is 25.0 Å². The van der Waals surface area contributed by atoms with Crippen LogP contribution < -0.4 is 10.6 Å². The lowest BCUT2D eigenvalue weighted by molar-refractivity contribution is -0.136. The SMILES string of the molecule is CN[C@@H]1CCCC[C@H]1N(C)Cc1ccc2c(c1)C(=O)N(C1CCC(=O)NC1=O)C2=O. The van der Waals surface area contributed by atoms with Crippen molar-refractivity contribution in [2.24, 2.45) is 0 Å².